The molecule has 0 unspecified atom stereocenters. The van der Waals surface area contributed by atoms with Gasteiger partial charge in [-0.15, -0.1) is 24.8 Å². The summed E-state index contributed by atoms with van der Waals surface area (Å²) < 4.78 is 0. The Bertz CT molecular complexity index is 542. The second-order valence-electron chi connectivity index (χ2n) is 6.95. The molecule has 0 aromatic carbocycles. The van der Waals surface area contributed by atoms with Crippen LogP contribution in [0.25, 0.3) is 0 Å². The van der Waals surface area contributed by atoms with Gasteiger partial charge in [-0.25, -0.2) is 0 Å². The second-order valence-corrected chi connectivity index (χ2v) is 7.73. The number of halogens is 2. The molecule has 3 N–H and O–H groups in total. The molecule has 138 valence electrons. The first-order chi connectivity index (χ1) is 10.3. The molecule has 24 heavy (non-hydrogen) atoms. The van der Waals surface area contributed by atoms with Crippen molar-refractivity contribution in [3.63, 3.8) is 0 Å². The van der Waals surface area contributed by atoms with Gasteiger partial charge in [0.2, 0.25) is 5.91 Å². The second kappa shape index (κ2) is 9.78. The summed E-state index contributed by atoms with van der Waals surface area (Å²) in [7, 11) is 0. The van der Waals surface area contributed by atoms with E-state index < -0.39 is 0 Å². The van der Waals surface area contributed by atoms with Crippen LogP contribution in [0.2, 0.25) is 0 Å². The van der Waals surface area contributed by atoms with Crippen molar-refractivity contribution >= 4 is 42.1 Å². The third kappa shape index (κ3) is 6.73. The standard InChI is InChI=1S/C17H27N3OS.2ClH/c1-16(2)10-14(17(3,4)20-16)15(21)19-8-5-7-18-11-13-6-9-22-12-13;;/h6,9-10,12,18,20H,5,7-8,11H2,1-4H3,(H,19,21);2*1H. The van der Waals surface area contributed by atoms with E-state index >= 15 is 0 Å². The molecule has 1 aliphatic heterocycles. The Morgan fingerprint density at radius 1 is 1.21 bits per heavy atom. The number of thiophene rings is 1. The highest BCUT2D eigenvalue weighted by molar-refractivity contribution is 7.07. The largest absolute Gasteiger partial charge is 0.352 e. The van der Waals surface area contributed by atoms with Gasteiger partial charge in [0.15, 0.2) is 0 Å². The molecule has 7 heteroatoms. The Labute approximate surface area is 161 Å². The van der Waals surface area contributed by atoms with Crippen LogP contribution in [0.1, 0.15) is 39.7 Å². The summed E-state index contributed by atoms with van der Waals surface area (Å²) in [5.41, 5.74) is 1.76. The molecule has 2 rings (SSSR count). The number of carbonyl (C=O) groups excluding carboxylic acids is 1. The van der Waals surface area contributed by atoms with Crippen molar-refractivity contribution in [1.82, 2.24) is 16.0 Å². The Kier molecular flexibility index (Phi) is 9.54. The molecule has 0 saturated carbocycles. The molecule has 0 spiro atoms. The van der Waals surface area contributed by atoms with Gasteiger partial charge in [0, 0.05) is 29.7 Å². The zero-order valence-electron chi connectivity index (χ0n) is 14.8. The maximum absolute atomic E-state index is 12.3. The molecule has 0 saturated heterocycles. The van der Waals surface area contributed by atoms with Crippen molar-refractivity contribution in [1.29, 1.82) is 0 Å². The van der Waals surface area contributed by atoms with Crippen LogP contribution >= 0.6 is 36.2 Å². The summed E-state index contributed by atoms with van der Waals surface area (Å²) in [4.78, 5) is 12.3. The third-order valence-corrected chi connectivity index (χ3v) is 4.51. The molecule has 0 radical (unpaired) electrons. The van der Waals surface area contributed by atoms with Gasteiger partial charge in [0.25, 0.3) is 0 Å². The fourth-order valence-electron chi connectivity index (χ4n) is 2.94. The molecular weight excluding hydrogens is 365 g/mol. The van der Waals surface area contributed by atoms with Gasteiger partial charge in [-0.05, 0) is 63.1 Å². The summed E-state index contributed by atoms with van der Waals surface area (Å²) in [6.45, 7) is 10.8. The van der Waals surface area contributed by atoms with Crippen molar-refractivity contribution in [3.8, 4) is 0 Å². The molecule has 1 aromatic rings. The van der Waals surface area contributed by atoms with Crippen molar-refractivity contribution < 1.29 is 4.79 Å². The minimum atomic E-state index is -0.273. The van der Waals surface area contributed by atoms with Crippen molar-refractivity contribution in [3.05, 3.63) is 34.0 Å². The molecular formula is C17H29Cl2N3OS. The van der Waals surface area contributed by atoms with Gasteiger partial charge in [0.05, 0.1) is 0 Å². The van der Waals surface area contributed by atoms with Gasteiger partial charge in [-0.2, -0.15) is 11.3 Å². The average Bonchev–Trinajstić information content (AvgIpc) is 2.98. The van der Waals surface area contributed by atoms with Crippen LogP contribution in [0.15, 0.2) is 28.5 Å². The summed E-state index contributed by atoms with van der Waals surface area (Å²) in [5.74, 6) is 0.0425. The van der Waals surface area contributed by atoms with Gasteiger partial charge < -0.3 is 10.6 Å². The Hall–Kier alpha value is -0.590. The van der Waals surface area contributed by atoms with Gasteiger partial charge >= 0.3 is 0 Å². The molecule has 0 aliphatic carbocycles. The minimum Gasteiger partial charge on any atom is -0.352 e. The summed E-state index contributed by atoms with van der Waals surface area (Å²) in [6.07, 6.45) is 2.97. The van der Waals surface area contributed by atoms with Crippen LogP contribution in [0.3, 0.4) is 0 Å². The molecule has 0 bridgehead atoms. The van der Waals surface area contributed by atoms with E-state index in [2.05, 4.69) is 60.5 Å². The lowest BCUT2D eigenvalue weighted by molar-refractivity contribution is -0.118. The Balaban J connectivity index is 0.00000264. The molecule has 2 heterocycles. The van der Waals surface area contributed by atoms with E-state index in [-0.39, 0.29) is 41.8 Å². The highest BCUT2D eigenvalue weighted by atomic mass is 35.5. The van der Waals surface area contributed by atoms with E-state index in [0.717, 1.165) is 25.1 Å². The van der Waals surface area contributed by atoms with Gasteiger partial charge in [-0.3, -0.25) is 10.1 Å². The monoisotopic (exact) mass is 393 g/mol. The fourth-order valence-corrected chi connectivity index (χ4v) is 3.60. The van der Waals surface area contributed by atoms with Crippen LogP contribution < -0.4 is 16.0 Å². The third-order valence-electron chi connectivity index (χ3n) is 3.78. The van der Waals surface area contributed by atoms with Crippen molar-refractivity contribution in [2.75, 3.05) is 13.1 Å². The van der Waals surface area contributed by atoms with Crippen LogP contribution in [-0.2, 0) is 11.3 Å². The van der Waals surface area contributed by atoms with Gasteiger partial charge in [-0.1, -0.05) is 6.08 Å². The maximum atomic E-state index is 12.3. The predicted octanol–water partition coefficient (Wildman–Crippen LogP) is 3.27. The lowest BCUT2D eigenvalue weighted by Gasteiger charge is -2.27. The zero-order valence-corrected chi connectivity index (χ0v) is 17.2. The number of nitrogens with one attached hydrogen (secondary N) is 3. The first-order valence-electron chi connectivity index (χ1n) is 7.83. The predicted molar refractivity (Wildman–Crippen MR) is 108 cm³/mol. The number of amides is 1. The molecule has 0 fully saturated rings. The molecule has 0 atom stereocenters. The van der Waals surface area contributed by atoms with E-state index in [4.69, 9.17) is 0 Å². The molecule has 1 aromatic heterocycles. The smallest absolute Gasteiger partial charge is 0.248 e. The first kappa shape index (κ1) is 23.4. The molecule has 1 aliphatic rings. The van der Waals surface area contributed by atoms with E-state index in [1.54, 1.807) is 11.3 Å². The number of hydrogen-bond acceptors (Lipinski definition) is 4. The number of carbonyl (C=O) groups is 1. The topological polar surface area (TPSA) is 53.2 Å². The highest BCUT2D eigenvalue weighted by Crippen LogP contribution is 2.29. The maximum Gasteiger partial charge on any atom is 0.248 e. The average molecular weight is 394 g/mol. The van der Waals surface area contributed by atoms with E-state index in [1.165, 1.54) is 5.56 Å². The van der Waals surface area contributed by atoms with Crippen molar-refractivity contribution in [2.24, 2.45) is 0 Å². The van der Waals surface area contributed by atoms with E-state index in [1.807, 2.05) is 6.08 Å². The van der Waals surface area contributed by atoms with Crippen molar-refractivity contribution in [2.45, 2.75) is 51.7 Å². The van der Waals surface area contributed by atoms with Crippen LogP contribution in [0.4, 0.5) is 0 Å². The Morgan fingerprint density at radius 2 is 1.92 bits per heavy atom. The summed E-state index contributed by atoms with van der Waals surface area (Å²) >= 11 is 1.72. The van der Waals surface area contributed by atoms with E-state index in [0.29, 0.717) is 6.54 Å². The molecule has 4 nitrogen and oxygen atoms in total. The van der Waals surface area contributed by atoms with Crippen LogP contribution in [0, 0.1) is 0 Å². The SMILES string of the molecule is CC1(C)C=C(C(=O)NCCCNCc2ccsc2)C(C)(C)N1.Cl.Cl. The Morgan fingerprint density at radius 3 is 2.46 bits per heavy atom. The number of hydrogen-bond donors (Lipinski definition) is 3. The summed E-state index contributed by atoms with van der Waals surface area (Å²) in [6, 6.07) is 2.13. The first-order valence-corrected chi connectivity index (χ1v) is 8.77. The lowest BCUT2D eigenvalue weighted by atomic mass is 9.96. The highest BCUT2D eigenvalue weighted by Gasteiger charge is 2.39. The zero-order chi connectivity index (χ0) is 16.2. The molecule has 1 amide bonds. The van der Waals surface area contributed by atoms with Crippen LogP contribution in [0.5, 0.6) is 0 Å². The number of rotatable bonds is 7. The fraction of sp³-hybridized carbons (Fsp3) is 0.588. The van der Waals surface area contributed by atoms with Crippen LogP contribution in [-0.4, -0.2) is 30.1 Å². The summed E-state index contributed by atoms with van der Waals surface area (Å²) in [5, 5.41) is 14.1. The normalized spacial score (nSPS) is 17.4. The quantitative estimate of drug-likeness (QED) is 0.623. The van der Waals surface area contributed by atoms with Gasteiger partial charge in [0.1, 0.15) is 0 Å². The lowest BCUT2D eigenvalue weighted by Crippen LogP contribution is -2.47. The van der Waals surface area contributed by atoms with E-state index in [9.17, 15) is 4.79 Å². The minimum absolute atomic E-state index is 0.